The molecule has 31 heavy (non-hydrogen) atoms. The van der Waals surface area contributed by atoms with Crippen molar-refractivity contribution >= 4 is 23.1 Å². The van der Waals surface area contributed by atoms with Gasteiger partial charge in [0, 0.05) is 23.5 Å². The van der Waals surface area contributed by atoms with Gasteiger partial charge >= 0.3 is 5.97 Å². The summed E-state index contributed by atoms with van der Waals surface area (Å²) in [6, 6.07) is 10.5. The van der Waals surface area contributed by atoms with Crippen LogP contribution in [-0.2, 0) is 0 Å². The molecule has 158 valence electrons. The van der Waals surface area contributed by atoms with Crippen molar-refractivity contribution in [1.29, 1.82) is 5.26 Å². The number of aromatic nitrogens is 2. The van der Waals surface area contributed by atoms with Gasteiger partial charge in [0.1, 0.15) is 11.7 Å². The Morgan fingerprint density at radius 3 is 2.74 bits per heavy atom. The maximum atomic E-state index is 13.1. The van der Waals surface area contributed by atoms with Crippen LogP contribution in [-0.4, -0.2) is 26.5 Å². The Bertz CT molecular complexity index is 1270. The zero-order chi connectivity index (χ0) is 22.1. The third-order valence-electron chi connectivity index (χ3n) is 5.64. The molecule has 3 aromatic rings. The zero-order valence-electron chi connectivity index (χ0n) is 17.3. The number of nitrogens with one attached hydrogen (secondary N) is 2. The number of hydrogen-bond acceptors (Lipinski definition) is 6. The Morgan fingerprint density at radius 2 is 2.10 bits per heavy atom. The maximum Gasteiger partial charge on any atom is 0.337 e. The lowest BCUT2D eigenvalue weighted by atomic mass is 9.93. The van der Waals surface area contributed by atoms with E-state index >= 15 is 0 Å². The molecular formula is C23H23N5O3. The zero-order valence-corrected chi connectivity index (χ0v) is 17.3. The topological polar surface area (TPSA) is 120 Å². The average Bonchev–Trinajstić information content (AvgIpc) is 2.71. The lowest BCUT2D eigenvalue weighted by molar-refractivity contribution is 0.0698. The first kappa shape index (κ1) is 20.4. The van der Waals surface area contributed by atoms with Crippen molar-refractivity contribution < 1.29 is 9.90 Å². The molecule has 1 aliphatic carbocycles. The summed E-state index contributed by atoms with van der Waals surface area (Å²) in [5.74, 6) is -0.718. The smallest absolute Gasteiger partial charge is 0.337 e. The first-order chi connectivity index (χ1) is 14.9. The largest absolute Gasteiger partial charge is 0.478 e. The number of pyridine rings is 1. The van der Waals surface area contributed by atoms with Crippen LogP contribution in [0.1, 0.15) is 59.3 Å². The van der Waals surface area contributed by atoms with Gasteiger partial charge in [-0.2, -0.15) is 5.26 Å². The van der Waals surface area contributed by atoms with Crippen molar-refractivity contribution in [3.63, 3.8) is 0 Å². The van der Waals surface area contributed by atoms with Crippen molar-refractivity contribution in [2.45, 2.75) is 45.2 Å². The van der Waals surface area contributed by atoms with Gasteiger partial charge < -0.3 is 15.7 Å². The molecule has 1 fully saturated rings. The predicted molar refractivity (Wildman–Crippen MR) is 118 cm³/mol. The molecule has 0 amide bonds. The summed E-state index contributed by atoms with van der Waals surface area (Å²) < 4.78 is 1.40. The number of benzene rings is 1. The molecule has 1 unspecified atom stereocenters. The fourth-order valence-corrected chi connectivity index (χ4v) is 3.78. The van der Waals surface area contributed by atoms with Gasteiger partial charge in [-0.1, -0.05) is 12.1 Å². The van der Waals surface area contributed by atoms with Crippen LogP contribution in [0.3, 0.4) is 0 Å². The molecule has 1 saturated carbocycles. The monoisotopic (exact) mass is 417 g/mol. The number of fused-ring (bicyclic) bond motifs is 1. The molecule has 0 saturated heterocycles. The number of carboxylic acid groups (broad SMARTS) is 1. The molecule has 0 radical (unpaired) electrons. The highest BCUT2D eigenvalue weighted by Gasteiger charge is 2.23. The van der Waals surface area contributed by atoms with E-state index in [0.29, 0.717) is 17.2 Å². The van der Waals surface area contributed by atoms with Gasteiger partial charge in [-0.15, -0.1) is 0 Å². The lowest BCUT2D eigenvalue weighted by Gasteiger charge is -2.27. The molecular weight excluding hydrogens is 394 g/mol. The van der Waals surface area contributed by atoms with Gasteiger partial charge in [-0.25, -0.2) is 9.78 Å². The van der Waals surface area contributed by atoms with E-state index in [2.05, 4.69) is 15.6 Å². The fraction of sp³-hybridized carbons (Fsp3) is 0.304. The normalized spacial score (nSPS) is 14.5. The quantitative estimate of drug-likeness (QED) is 0.559. The molecule has 3 N–H and O–H groups in total. The Labute approximate surface area is 179 Å². The highest BCUT2D eigenvalue weighted by Crippen LogP contribution is 2.28. The predicted octanol–water partition coefficient (Wildman–Crippen LogP) is 3.71. The number of nitriles is 1. The van der Waals surface area contributed by atoms with Crippen LogP contribution in [0.25, 0.3) is 5.65 Å². The minimum Gasteiger partial charge on any atom is -0.478 e. The van der Waals surface area contributed by atoms with E-state index < -0.39 is 11.5 Å². The number of hydrogen-bond donors (Lipinski definition) is 3. The number of para-hydroxylation sites is 1. The number of aryl methyl sites for hydroxylation is 1. The minimum absolute atomic E-state index is 0.00205. The molecule has 4 rings (SSSR count). The van der Waals surface area contributed by atoms with E-state index in [4.69, 9.17) is 0 Å². The third kappa shape index (κ3) is 3.82. The Balaban J connectivity index is 1.83. The van der Waals surface area contributed by atoms with Crippen molar-refractivity contribution in [3.8, 4) is 6.07 Å². The van der Waals surface area contributed by atoms with Crippen LogP contribution in [0.4, 0.5) is 11.5 Å². The second kappa shape index (κ2) is 8.11. The van der Waals surface area contributed by atoms with Gasteiger partial charge in [0.25, 0.3) is 5.56 Å². The summed E-state index contributed by atoms with van der Waals surface area (Å²) in [6.07, 6.45) is 4.74. The SMILES string of the molecule is Cc1cc(C(C)Nc2ccccc2C(=O)O)c2nc(NC3CCC3)c(C#N)c(=O)n2c1. The molecule has 0 spiro atoms. The summed E-state index contributed by atoms with van der Waals surface area (Å²) in [5, 5.41) is 25.5. The summed E-state index contributed by atoms with van der Waals surface area (Å²) in [5.41, 5.74) is 2.22. The van der Waals surface area contributed by atoms with E-state index in [1.165, 1.54) is 10.5 Å². The van der Waals surface area contributed by atoms with Gasteiger partial charge in [0.05, 0.1) is 11.6 Å². The number of anilines is 2. The lowest BCUT2D eigenvalue weighted by Crippen LogP contribution is -2.31. The second-order valence-electron chi connectivity index (χ2n) is 7.91. The van der Waals surface area contributed by atoms with Gasteiger partial charge in [0.15, 0.2) is 11.4 Å². The summed E-state index contributed by atoms with van der Waals surface area (Å²) >= 11 is 0. The molecule has 2 heterocycles. The molecule has 1 atom stereocenters. The Morgan fingerprint density at radius 1 is 1.35 bits per heavy atom. The first-order valence-corrected chi connectivity index (χ1v) is 10.2. The number of carbonyl (C=O) groups is 1. The van der Waals surface area contributed by atoms with E-state index in [0.717, 1.165) is 30.4 Å². The van der Waals surface area contributed by atoms with Crippen molar-refractivity contribution in [3.05, 3.63) is 69.1 Å². The maximum absolute atomic E-state index is 13.1. The number of rotatable bonds is 6. The average molecular weight is 417 g/mol. The molecule has 8 heteroatoms. The standard InChI is InChI=1S/C23H23N5O3/c1-13-10-17(14(2)25-19-9-4-3-8-16(19)23(30)31)21-27-20(26-15-6-5-7-15)18(11-24)22(29)28(21)12-13/h3-4,8-10,12,14-15,25-26H,5-7H2,1-2H3,(H,30,31). The Kier molecular flexibility index (Phi) is 5.34. The molecule has 1 aromatic carbocycles. The van der Waals surface area contributed by atoms with Crippen LogP contribution < -0.4 is 16.2 Å². The summed E-state index contributed by atoms with van der Waals surface area (Å²) in [6.45, 7) is 3.75. The van der Waals surface area contributed by atoms with E-state index in [9.17, 15) is 20.0 Å². The molecule has 0 aliphatic heterocycles. The van der Waals surface area contributed by atoms with Crippen LogP contribution >= 0.6 is 0 Å². The van der Waals surface area contributed by atoms with Crippen LogP contribution in [0.5, 0.6) is 0 Å². The molecule has 1 aliphatic rings. The third-order valence-corrected chi connectivity index (χ3v) is 5.64. The second-order valence-corrected chi connectivity index (χ2v) is 7.91. The number of nitrogens with zero attached hydrogens (tertiary/aromatic N) is 3. The molecule has 0 bridgehead atoms. The number of carboxylic acids is 1. The van der Waals surface area contributed by atoms with Crippen molar-refractivity contribution in [2.24, 2.45) is 0 Å². The van der Waals surface area contributed by atoms with Crippen molar-refractivity contribution in [1.82, 2.24) is 9.38 Å². The van der Waals surface area contributed by atoms with Crippen molar-refractivity contribution in [2.75, 3.05) is 10.6 Å². The first-order valence-electron chi connectivity index (χ1n) is 10.2. The van der Waals surface area contributed by atoms with Crippen LogP contribution in [0.2, 0.25) is 0 Å². The summed E-state index contributed by atoms with van der Waals surface area (Å²) in [7, 11) is 0. The fourth-order valence-electron chi connectivity index (χ4n) is 3.78. The van der Waals surface area contributed by atoms with Gasteiger partial charge in [0.2, 0.25) is 0 Å². The molecule has 2 aromatic heterocycles. The highest BCUT2D eigenvalue weighted by molar-refractivity contribution is 5.94. The van der Waals surface area contributed by atoms with E-state index in [1.807, 2.05) is 26.0 Å². The number of aromatic carboxylic acids is 1. The summed E-state index contributed by atoms with van der Waals surface area (Å²) in [4.78, 5) is 29.3. The molecule has 8 nitrogen and oxygen atoms in total. The van der Waals surface area contributed by atoms with Gasteiger partial charge in [-0.05, 0) is 56.9 Å². The van der Waals surface area contributed by atoms with Crippen LogP contribution in [0.15, 0.2) is 41.3 Å². The van der Waals surface area contributed by atoms with E-state index in [1.54, 1.807) is 24.4 Å². The highest BCUT2D eigenvalue weighted by atomic mass is 16.4. The van der Waals surface area contributed by atoms with Gasteiger partial charge in [-0.3, -0.25) is 9.20 Å². The van der Waals surface area contributed by atoms with E-state index in [-0.39, 0.29) is 23.2 Å². The van der Waals surface area contributed by atoms with Crippen LogP contribution in [0, 0.1) is 18.3 Å². The minimum atomic E-state index is -1.02. The Hall–Kier alpha value is -3.86.